The van der Waals surface area contributed by atoms with Crippen LogP contribution in [0.5, 0.6) is 0 Å². The number of carbonyl (C=O) groups excluding carboxylic acids is 1. The molecule has 1 unspecified atom stereocenters. The molecule has 1 aromatic rings. The maximum absolute atomic E-state index is 11.5. The Bertz CT molecular complexity index is 431. The van der Waals surface area contributed by atoms with Gasteiger partial charge in [-0.25, -0.2) is 0 Å². The van der Waals surface area contributed by atoms with Crippen molar-refractivity contribution >= 4 is 40.7 Å². The summed E-state index contributed by atoms with van der Waals surface area (Å²) in [6.45, 7) is 0.131. The lowest BCUT2D eigenvalue weighted by atomic mass is 10.3. The average molecular weight is 263 g/mol. The van der Waals surface area contributed by atoms with Gasteiger partial charge in [-0.15, -0.1) is 0 Å². The van der Waals surface area contributed by atoms with Gasteiger partial charge in [0.05, 0.1) is 19.1 Å². The summed E-state index contributed by atoms with van der Waals surface area (Å²) in [5.74, 6) is -0.337. The highest BCUT2D eigenvalue weighted by atomic mass is 35.5. The quantitative estimate of drug-likeness (QED) is 0.718. The second kappa shape index (κ2) is 4.04. The monoisotopic (exact) mass is 262 g/mol. The average Bonchev–Trinajstić information content (AvgIpc) is 2.43. The first kappa shape index (κ1) is 11.4. The molecule has 0 aliphatic carbocycles. The summed E-state index contributed by atoms with van der Waals surface area (Å²) in [6.07, 6.45) is -0.686. The Balaban J connectivity index is 2.44. The fourth-order valence-corrected chi connectivity index (χ4v) is 2.15. The number of hydrogen-bond donors (Lipinski definition) is 2. The molecular formula is C8H8Cl2N4O2. The molecule has 2 rings (SSSR count). The van der Waals surface area contributed by atoms with Crippen molar-refractivity contribution in [2.45, 2.75) is 12.5 Å². The predicted molar refractivity (Wildman–Crippen MR) is 59.4 cm³/mol. The molecule has 8 heteroatoms. The van der Waals surface area contributed by atoms with Crippen molar-refractivity contribution in [2.75, 3.05) is 17.2 Å². The highest BCUT2D eigenvalue weighted by Crippen LogP contribution is 2.34. The van der Waals surface area contributed by atoms with Gasteiger partial charge >= 0.3 is 0 Å². The van der Waals surface area contributed by atoms with Crippen molar-refractivity contribution in [3.63, 3.8) is 0 Å². The number of β-amino-alcohol motifs (C(OH)–C–C–N with tert-alkyl or cyclic N) is 1. The van der Waals surface area contributed by atoms with E-state index in [1.807, 2.05) is 0 Å². The SMILES string of the molecule is Nc1nc(Cl)c(N2CC(O)CC2=O)c(Cl)n1. The number of aromatic nitrogens is 2. The van der Waals surface area contributed by atoms with E-state index >= 15 is 0 Å². The van der Waals surface area contributed by atoms with Crippen LogP contribution < -0.4 is 10.6 Å². The number of anilines is 2. The van der Waals surface area contributed by atoms with Gasteiger partial charge in [0.15, 0.2) is 10.3 Å². The second-order valence-electron chi connectivity index (χ2n) is 3.37. The van der Waals surface area contributed by atoms with Crippen LogP contribution in [0, 0.1) is 0 Å². The molecule has 0 radical (unpaired) electrons. The molecule has 1 atom stereocenters. The van der Waals surface area contributed by atoms with Crippen LogP contribution in [0.3, 0.4) is 0 Å². The topological polar surface area (TPSA) is 92.3 Å². The Morgan fingerprint density at radius 1 is 1.38 bits per heavy atom. The first-order valence-electron chi connectivity index (χ1n) is 4.46. The Hall–Kier alpha value is -1.11. The lowest BCUT2D eigenvalue weighted by molar-refractivity contribution is -0.117. The van der Waals surface area contributed by atoms with Crippen molar-refractivity contribution in [1.82, 2.24) is 9.97 Å². The van der Waals surface area contributed by atoms with Gasteiger partial charge in [0, 0.05) is 0 Å². The molecule has 0 spiro atoms. The van der Waals surface area contributed by atoms with E-state index in [0.29, 0.717) is 0 Å². The van der Waals surface area contributed by atoms with Crippen LogP contribution >= 0.6 is 23.2 Å². The molecule has 1 aromatic heterocycles. The zero-order chi connectivity index (χ0) is 11.9. The van der Waals surface area contributed by atoms with E-state index in [1.165, 1.54) is 4.90 Å². The molecule has 16 heavy (non-hydrogen) atoms. The number of aliphatic hydroxyl groups excluding tert-OH is 1. The highest BCUT2D eigenvalue weighted by molar-refractivity contribution is 6.38. The summed E-state index contributed by atoms with van der Waals surface area (Å²) in [5.41, 5.74) is 5.54. The van der Waals surface area contributed by atoms with Crippen LogP contribution in [0.1, 0.15) is 6.42 Å². The third-order valence-electron chi connectivity index (χ3n) is 2.19. The fourth-order valence-electron chi connectivity index (χ4n) is 1.54. The molecule has 1 amide bonds. The summed E-state index contributed by atoms with van der Waals surface area (Å²) in [7, 11) is 0. The third-order valence-corrected chi connectivity index (χ3v) is 2.72. The summed E-state index contributed by atoms with van der Waals surface area (Å²) in [6, 6.07) is 0. The number of hydrogen-bond acceptors (Lipinski definition) is 5. The first-order valence-corrected chi connectivity index (χ1v) is 5.21. The molecule has 1 aliphatic rings. The first-order chi connectivity index (χ1) is 7.49. The largest absolute Gasteiger partial charge is 0.391 e. The van der Waals surface area contributed by atoms with Crippen LogP contribution in [0.2, 0.25) is 10.3 Å². The number of carbonyl (C=O) groups is 1. The highest BCUT2D eigenvalue weighted by Gasteiger charge is 2.32. The Morgan fingerprint density at radius 3 is 2.38 bits per heavy atom. The molecule has 3 N–H and O–H groups in total. The maximum Gasteiger partial charge on any atom is 0.229 e. The van der Waals surface area contributed by atoms with Crippen LogP contribution in [0.15, 0.2) is 0 Å². The smallest absolute Gasteiger partial charge is 0.229 e. The van der Waals surface area contributed by atoms with Crippen molar-refractivity contribution in [3.8, 4) is 0 Å². The molecular weight excluding hydrogens is 255 g/mol. The van der Waals surface area contributed by atoms with Gasteiger partial charge < -0.3 is 15.7 Å². The normalized spacial score (nSPS) is 20.6. The van der Waals surface area contributed by atoms with E-state index in [2.05, 4.69) is 9.97 Å². The molecule has 0 bridgehead atoms. The van der Waals surface area contributed by atoms with E-state index in [4.69, 9.17) is 28.9 Å². The maximum atomic E-state index is 11.5. The van der Waals surface area contributed by atoms with Crippen LogP contribution in [0.4, 0.5) is 11.6 Å². The van der Waals surface area contributed by atoms with Gasteiger partial charge in [-0.1, -0.05) is 23.2 Å². The molecule has 1 saturated heterocycles. The molecule has 6 nitrogen and oxygen atoms in total. The molecule has 1 fully saturated rings. The molecule has 1 aliphatic heterocycles. The lowest BCUT2D eigenvalue weighted by Gasteiger charge is -2.17. The number of nitrogens with two attached hydrogens (primary N) is 1. The van der Waals surface area contributed by atoms with Crippen molar-refractivity contribution in [3.05, 3.63) is 10.3 Å². The number of halogens is 2. The van der Waals surface area contributed by atoms with Gasteiger partial charge in [-0.05, 0) is 0 Å². The third kappa shape index (κ3) is 1.91. The lowest BCUT2D eigenvalue weighted by Crippen LogP contribution is -2.26. The van der Waals surface area contributed by atoms with Gasteiger partial charge in [0.1, 0.15) is 5.69 Å². The zero-order valence-corrected chi connectivity index (χ0v) is 9.53. The van der Waals surface area contributed by atoms with Gasteiger partial charge in [-0.3, -0.25) is 4.79 Å². The minimum absolute atomic E-state index is 0.0000463. The summed E-state index contributed by atoms with van der Waals surface area (Å²) in [5, 5.41) is 9.35. The van der Waals surface area contributed by atoms with Gasteiger partial charge in [0.25, 0.3) is 0 Å². The summed E-state index contributed by atoms with van der Waals surface area (Å²) < 4.78 is 0. The van der Waals surface area contributed by atoms with E-state index in [9.17, 15) is 9.90 Å². The number of nitrogens with zero attached hydrogens (tertiary/aromatic N) is 3. The van der Waals surface area contributed by atoms with E-state index < -0.39 is 6.10 Å². The number of aliphatic hydroxyl groups is 1. The van der Waals surface area contributed by atoms with Crippen LogP contribution in [0.25, 0.3) is 0 Å². The van der Waals surface area contributed by atoms with Gasteiger partial charge in [0.2, 0.25) is 11.9 Å². The van der Waals surface area contributed by atoms with Crippen LogP contribution in [-0.2, 0) is 4.79 Å². The molecule has 2 heterocycles. The van der Waals surface area contributed by atoms with E-state index in [-0.39, 0.29) is 40.8 Å². The number of rotatable bonds is 1. The van der Waals surface area contributed by atoms with Gasteiger partial charge in [-0.2, -0.15) is 9.97 Å². The Morgan fingerprint density at radius 2 is 1.94 bits per heavy atom. The summed E-state index contributed by atoms with van der Waals surface area (Å²) >= 11 is 11.7. The minimum atomic E-state index is -0.725. The standard InChI is InChI=1S/C8H8Cl2N4O2/c9-6-5(7(10)13-8(11)12-6)14-2-3(15)1-4(14)16/h3,15H,1-2H2,(H2,11,12,13). The van der Waals surface area contributed by atoms with Crippen molar-refractivity contribution in [1.29, 1.82) is 0 Å². The molecule has 86 valence electrons. The Kier molecular flexibility index (Phi) is 2.88. The molecule has 0 saturated carbocycles. The Labute approximate surface area is 101 Å². The second-order valence-corrected chi connectivity index (χ2v) is 4.09. The minimum Gasteiger partial charge on any atom is -0.391 e. The number of amides is 1. The predicted octanol–water partition coefficient (Wildman–Crippen LogP) is 0.463. The number of nitrogen functional groups attached to an aromatic ring is 1. The van der Waals surface area contributed by atoms with Crippen molar-refractivity contribution < 1.29 is 9.90 Å². The zero-order valence-electron chi connectivity index (χ0n) is 8.02. The van der Waals surface area contributed by atoms with Crippen LogP contribution in [-0.4, -0.2) is 33.6 Å². The molecule has 0 aromatic carbocycles. The fraction of sp³-hybridized carbons (Fsp3) is 0.375. The van der Waals surface area contributed by atoms with Crippen molar-refractivity contribution in [2.24, 2.45) is 0 Å². The van der Waals surface area contributed by atoms with E-state index in [1.54, 1.807) is 0 Å². The summed E-state index contributed by atoms with van der Waals surface area (Å²) in [4.78, 5) is 20.2. The van der Waals surface area contributed by atoms with E-state index in [0.717, 1.165) is 0 Å².